The lowest BCUT2D eigenvalue weighted by molar-refractivity contribution is 0.768. The molecule has 0 heterocycles. The molecule has 0 unspecified atom stereocenters. The Hall–Kier alpha value is -6.96. The largest absolute Gasteiger partial charge is 0.309 e. The van der Waals surface area contributed by atoms with E-state index in [1.165, 1.54) is 66.4 Å². The summed E-state index contributed by atoms with van der Waals surface area (Å²) in [6.45, 7) is 0. The number of fused-ring (bicyclic) bond motifs is 4. The molecular weight excluding hydrogens is 651 g/mol. The molecule has 0 amide bonds. The van der Waals surface area contributed by atoms with Crippen LogP contribution in [-0.4, -0.2) is 0 Å². The van der Waals surface area contributed by atoms with E-state index in [1.807, 2.05) is 0 Å². The van der Waals surface area contributed by atoms with Crippen molar-refractivity contribution in [2.45, 2.75) is 5.41 Å². The van der Waals surface area contributed by atoms with Crippen LogP contribution in [-0.2, 0) is 5.41 Å². The van der Waals surface area contributed by atoms with Gasteiger partial charge in [-0.3, -0.25) is 0 Å². The lowest BCUT2D eigenvalue weighted by atomic mass is 9.68. The van der Waals surface area contributed by atoms with Crippen LogP contribution in [0.15, 0.2) is 224 Å². The molecule has 0 spiro atoms. The van der Waals surface area contributed by atoms with Crippen LogP contribution in [0.2, 0.25) is 0 Å². The van der Waals surface area contributed by atoms with Crippen LogP contribution in [0.3, 0.4) is 0 Å². The maximum absolute atomic E-state index is 2.52. The Labute approximate surface area is 317 Å². The second-order valence-electron chi connectivity index (χ2n) is 14.1. The van der Waals surface area contributed by atoms with Crippen molar-refractivity contribution in [2.75, 3.05) is 4.90 Å². The van der Waals surface area contributed by atoms with E-state index in [-0.39, 0.29) is 0 Å². The Morgan fingerprint density at radius 3 is 1.46 bits per heavy atom. The molecule has 0 fully saturated rings. The summed E-state index contributed by atoms with van der Waals surface area (Å²) >= 11 is 0. The topological polar surface area (TPSA) is 3.24 Å². The van der Waals surface area contributed by atoms with Gasteiger partial charge in [-0.25, -0.2) is 0 Å². The smallest absolute Gasteiger partial charge is 0.0714 e. The van der Waals surface area contributed by atoms with Gasteiger partial charge in [-0.1, -0.05) is 194 Å². The van der Waals surface area contributed by atoms with Gasteiger partial charge in [0, 0.05) is 16.6 Å². The fourth-order valence-electron chi connectivity index (χ4n) is 8.81. The average Bonchev–Trinajstić information content (AvgIpc) is 3.57. The molecule has 1 aliphatic rings. The minimum absolute atomic E-state index is 0.504. The quantitative estimate of drug-likeness (QED) is 0.161. The number of rotatable bonds is 7. The molecule has 0 N–H and O–H groups in total. The summed E-state index contributed by atoms with van der Waals surface area (Å²) in [5.74, 6) is 0. The first-order valence-corrected chi connectivity index (χ1v) is 18.7. The molecular formula is C53H37N. The second kappa shape index (κ2) is 13.2. The first kappa shape index (κ1) is 31.7. The Balaban J connectivity index is 1.33. The minimum atomic E-state index is -0.504. The number of hydrogen-bond donors (Lipinski definition) is 0. The zero-order chi connectivity index (χ0) is 35.9. The van der Waals surface area contributed by atoms with Gasteiger partial charge in [-0.15, -0.1) is 0 Å². The fourth-order valence-corrected chi connectivity index (χ4v) is 8.81. The van der Waals surface area contributed by atoms with Crippen molar-refractivity contribution in [1.29, 1.82) is 0 Å². The fraction of sp³-hybridized carbons (Fsp3) is 0.0189. The molecule has 254 valence electrons. The van der Waals surface area contributed by atoms with E-state index in [2.05, 4.69) is 229 Å². The summed E-state index contributed by atoms with van der Waals surface area (Å²) in [5, 5.41) is 2.41. The number of nitrogens with zero attached hydrogens (tertiary/aromatic N) is 1. The van der Waals surface area contributed by atoms with Crippen LogP contribution in [0, 0.1) is 0 Å². The van der Waals surface area contributed by atoms with Gasteiger partial charge >= 0.3 is 0 Å². The highest BCUT2D eigenvalue weighted by Gasteiger charge is 2.47. The average molecular weight is 688 g/mol. The van der Waals surface area contributed by atoms with Gasteiger partial charge in [-0.05, 0) is 85.8 Å². The van der Waals surface area contributed by atoms with Gasteiger partial charge < -0.3 is 4.90 Å². The molecule has 54 heavy (non-hydrogen) atoms. The van der Waals surface area contributed by atoms with Crippen LogP contribution >= 0.6 is 0 Å². The standard InChI is InChI=1S/C53H37N/c1-5-19-38(20-6-1)41-35-42(39-21-7-2-8-22-39)37-45(36-41)54(50-33-17-24-40-23-13-14-29-46(40)50)51-34-18-32-49-52(51)47-30-15-16-31-48(47)53(49,43-25-9-3-10-26-43)44-27-11-4-12-28-44/h1-37H. The van der Waals surface area contributed by atoms with Crippen LogP contribution in [0.4, 0.5) is 17.1 Å². The van der Waals surface area contributed by atoms with Crippen molar-refractivity contribution in [3.63, 3.8) is 0 Å². The predicted molar refractivity (Wildman–Crippen MR) is 227 cm³/mol. The highest BCUT2D eigenvalue weighted by atomic mass is 15.1. The third-order valence-corrected chi connectivity index (χ3v) is 11.1. The van der Waals surface area contributed by atoms with E-state index < -0.39 is 5.41 Å². The molecule has 1 nitrogen and oxygen atoms in total. The third kappa shape index (κ3) is 5.09. The van der Waals surface area contributed by atoms with Crippen molar-refractivity contribution in [1.82, 2.24) is 0 Å². The van der Waals surface area contributed by atoms with E-state index in [9.17, 15) is 0 Å². The van der Waals surface area contributed by atoms with Crippen molar-refractivity contribution < 1.29 is 0 Å². The molecule has 1 heteroatoms. The van der Waals surface area contributed by atoms with Crippen LogP contribution in [0.25, 0.3) is 44.2 Å². The van der Waals surface area contributed by atoms with Gasteiger partial charge in [0.05, 0.1) is 16.8 Å². The molecule has 0 aliphatic heterocycles. The maximum Gasteiger partial charge on any atom is 0.0714 e. The van der Waals surface area contributed by atoms with Crippen molar-refractivity contribution >= 4 is 27.8 Å². The lowest BCUT2D eigenvalue weighted by Crippen LogP contribution is -2.28. The van der Waals surface area contributed by atoms with Gasteiger partial charge in [0.15, 0.2) is 0 Å². The monoisotopic (exact) mass is 687 g/mol. The van der Waals surface area contributed by atoms with Crippen LogP contribution in [0.1, 0.15) is 22.3 Å². The van der Waals surface area contributed by atoms with Crippen LogP contribution in [0.5, 0.6) is 0 Å². The molecule has 0 radical (unpaired) electrons. The summed E-state index contributed by atoms with van der Waals surface area (Å²) in [6.07, 6.45) is 0. The Bertz CT molecular complexity index is 2650. The highest BCUT2D eigenvalue weighted by Crippen LogP contribution is 2.59. The summed E-state index contributed by atoms with van der Waals surface area (Å²) in [4.78, 5) is 2.52. The third-order valence-electron chi connectivity index (χ3n) is 11.1. The lowest BCUT2D eigenvalue weighted by Gasteiger charge is -2.34. The zero-order valence-electron chi connectivity index (χ0n) is 29.8. The number of hydrogen-bond acceptors (Lipinski definition) is 1. The maximum atomic E-state index is 2.52. The molecule has 0 atom stereocenters. The van der Waals surface area contributed by atoms with Gasteiger partial charge in [0.2, 0.25) is 0 Å². The summed E-state index contributed by atoms with van der Waals surface area (Å²) in [5.41, 5.74) is 15.2. The molecule has 0 bridgehead atoms. The zero-order valence-corrected chi connectivity index (χ0v) is 29.8. The van der Waals surface area contributed by atoms with Gasteiger partial charge in [0.25, 0.3) is 0 Å². The molecule has 9 aromatic carbocycles. The summed E-state index contributed by atoms with van der Waals surface area (Å²) < 4.78 is 0. The predicted octanol–water partition coefficient (Wildman–Crippen LogP) is 14.0. The van der Waals surface area contributed by atoms with E-state index in [1.54, 1.807) is 0 Å². The Morgan fingerprint density at radius 2 is 0.815 bits per heavy atom. The summed E-state index contributed by atoms with van der Waals surface area (Å²) in [6, 6.07) is 82.1. The van der Waals surface area contributed by atoms with E-state index >= 15 is 0 Å². The molecule has 0 saturated heterocycles. The highest BCUT2D eigenvalue weighted by molar-refractivity contribution is 6.04. The Morgan fingerprint density at radius 1 is 0.333 bits per heavy atom. The van der Waals surface area contributed by atoms with Gasteiger partial charge in [-0.2, -0.15) is 0 Å². The van der Waals surface area contributed by atoms with Crippen molar-refractivity contribution in [2.24, 2.45) is 0 Å². The second-order valence-corrected chi connectivity index (χ2v) is 14.1. The van der Waals surface area contributed by atoms with Crippen molar-refractivity contribution in [3.05, 3.63) is 247 Å². The van der Waals surface area contributed by atoms with Gasteiger partial charge in [0.1, 0.15) is 0 Å². The first-order valence-electron chi connectivity index (χ1n) is 18.7. The van der Waals surface area contributed by atoms with E-state index in [4.69, 9.17) is 0 Å². The van der Waals surface area contributed by atoms with E-state index in [0.717, 1.165) is 17.1 Å². The molecule has 0 saturated carbocycles. The number of benzene rings is 9. The molecule has 0 aromatic heterocycles. The molecule has 10 rings (SSSR count). The van der Waals surface area contributed by atoms with E-state index in [0.29, 0.717) is 0 Å². The van der Waals surface area contributed by atoms with Crippen LogP contribution < -0.4 is 4.90 Å². The summed E-state index contributed by atoms with van der Waals surface area (Å²) in [7, 11) is 0. The Kier molecular flexibility index (Phi) is 7.78. The molecule has 9 aromatic rings. The van der Waals surface area contributed by atoms with Crippen molar-refractivity contribution in [3.8, 4) is 33.4 Å². The SMILES string of the molecule is c1ccc(-c2cc(-c3ccccc3)cc(N(c3cccc4c3-c3ccccc3C4(c3ccccc3)c3ccccc3)c3cccc4ccccc34)c2)cc1. The molecule has 1 aliphatic carbocycles. The number of anilines is 3. The minimum Gasteiger partial charge on any atom is -0.309 e. The normalized spacial score (nSPS) is 12.6. The first-order chi connectivity index (χ1) is 26.8.